The lowest BCUT2D eigenvalue weighted by atomic mass is 10.3. The number of amides is 1. The first kappa shape index (κ1) is 18.7. The van der Waals surface area contributed by atoms with Crippen molar-refractivity contribution in [1.29, 1.82) is 0 Å². The van der Waals surface area contributed by atoms with Gasteiger partial charge in [0.05, 0.1) is 21.3 Å². The van der Waals surface area contributed by atoms with E-state index in [9.17, 15) is 13.2 Å². The number of sulfonamides is 1. The van der Waals surface area contributed by atoms with Crippen molar-refractivity contribution in [2.45, 2.75) is 4.90 Å². The van der Waals surface area contributed by atoms with Crippen molar-refractivity contribution >= 4 is 61.8 Å². The molecule has 26 heavy (non-hydrogen) atoms. The average Bonchev–Trinajstić information content (AvgIpc) is 3.13. The summed E-state index contributed by atoms with van der Waals surface area (Å²) in [4.78, 5) is 12.0. The van der Waals surface area contributed by atoms with Crippen LogP contribution in [0, 0.1) is 0 Å². The van der Waals surface area contributed by atoms with Crippen molar-refractivity contribution in [3.63, 3.8) is 0 Å². The summed E-state index contributed by atoms with van der Waals surface area (Å²) in [7, 11) is -3.99. The number of carbonyl (C=O) groups excluding carboxylic acids is 1. The maximum Gasteiger partial charge on any atom is 0.263 e. The number of rotatable bonds is 5. The molecule has 5 nitrogen and oxygen atoms in total. The second-order valence-corrected chi connectivity index (χ2v) is 8.44. The Balaban J connectivity index is 1.89. The molecule has 0 saturated heterocycles. The summed E-state index contributed by atoms with van der Waals surface area (Å²) in [6, 6.07) is 12.4. The van der Waals surface area contributed by atoms with Gasteiger partial charge in [-0.25, -0.2) is 8.42 Å². The van der Waals surface area contributed by atoms with Crippen molar-refractivity contribution in [1.82, 2.24) is 0 Å². The van der Waals surface area contributed by atoms with Crippen LogP contribution in [0.2, 0.25) is 10.0 Å². The summed E-state index contributed by atoms with van der Waals surface area (Å²) in [6.07, 6.45) is 0. The molecule has 3 rings (SSSR count). The normalized spacial score (nSPS) is 11.2. The predicted molar refractivity (Wildman–Crippen MR) is 106 cm³/mol. The molecule has 1 amide bonds. The Morgan fingerprint density at radius 1 is 1.00 bits per heavy atom. The van der Waals surface area contributed by atoms with E-state index in [4.69, 9.17) is 23.2 Å². The molecular formula is C17H12Cl2N2O3S2. The third-order valence-electron chi connectivity index (χ3n) is 3.38. The van der Waals surface area contributed by atoms with Crippen molar-refractivity contribution in [2.75, 3.05) is 10.0 Å². The molecule has 1 aromatic heterocycles. The van der Waals surface area contributed by atoms with Gasteiger partial charge in [-0.3, -0.25) is 9.52 Å². The standard InChI is InChI=1S/C17H12Cl2N2O3S2/c18-13-3-1-2-4-15(13)21-26(23,24)16-9-12(5-6-14(16)19)20-17(22)11-7-8-25-10-11/h1-10,21H,(H,20,22). The smallest absolute Gasteiger partial charge is 0.263 e. The lowest BCUT2D eigenvalue weighted by molar-refractivity contribution is 0.102. The Hall–Kier alpha value is -2.06. The van der Waals surface area contributed by atoms with E-state index >= 15 is 0 Å². The second kappa shape index (κ2) is 7.67. The van der Waals surface area contributed by atoms with Gasteiger partial charge in [0.15, 0.2) is 0 Å². The molecule has 0 spiro atoms. The highest BCUT2D eigenvalue weighted by atomic mass is 35.5. The Labute approximate surface area is 164 Å². The van der Waals surface area contributed by atoms with Crippen LogP contribution < -0.4 is 10.0 Å². The average molecular weight is 427 g/mol. The van der Waals surface area contributed by atoms with Crippen molar-refractivity contribution in [2.24, 2.45) is 0 Å². The van der Waals surface area contributed by atoms with Gasteiger partial charge in [0.1, 0.15) is 4.90 Å². The number of carbonyl (C=O) groups is 1. The highest BCUT2D eigenvalue weighted by Crippen LogP contribution is 2.29. The molecule has 3 aromatic rings. The van der Waals surface area contributed by atoms with Gasteiger partial charge in [0.25, 0.3) is 15.9 Å². The van der Waals surface area contributed by atoms with E-state index in [2.05, 4.69) is 10.0 Å². The van der Waals surface area contributed by atoms with Crippen LogP contribution in [-0.2, 0) is 10.0 Å². The van der Waals surface area contributed by atoms with Crippen molar-refractivity contribution in [3.8, 4) is 0 Å². The number of halogens is 2. The molecule has 0 aliphatic rings. The van der Waals surface area contributed by atoms with Gasteiger partial charge in [-0.1, -0.05) is 35.3 Å². The lowest BCUT2D eigenvalue weighted by Crippen LogP contribution is -2.15. The maximum absolute atomic E-state index is 12.7. The number of nitrogens with one attached hydrogen (secondary N) is 2. The molecule has 0 bridgehead atoms. The van der Waals surface area contributed by atoms with Crippen LogP contribution in [0.5, 0.6) is 0 Å². The number of hydrogen-bond donors (Lipinski definition) is 2. The van der Waals surface area contributed by atoms with Gasteiger partial charge in [0, 0.05) is 11.1 Å². The molecule has 2 N–H and O–H groups in total. The molecule has 2 aromatic carbocycles. The number of anilines is 2. The fourth-order valence-corrected chi connectivity index (χ4v) is 4.61. The quantitative estimate of drug-likeness (QED) is 0.594. The van der Waals surface area contributed by atoms with Crippen LogP contribution in [0.15, 0.2) is 64.2 Å². The topological polar surface area (TPSA) is 75.3 Å². The summed E-state index contributed by atoms with van der Waals surface area (Å²) < 4.78 is 27.7. The monoisotopic (exact) mass is 426 g/mol. The summed E-state index contributed by atoms with van der Waals surface area (Å²) in [5, 5.41) is 6.41. The first-order valence-electron chi connectivity index (χ1n) is 7.27. The molecule has 0 fully saturated rings. The minimum absolute atomic E-state index is 0.0260. The highest BCUT2D eigenvalue weighted by Gasteiger charge is 2.20. The highest BCUT2D eigenvalue weighted by molar-refractivity contribution is 7.92. The molecule has 0 atom stereocenters. The molecular weight excluding hydrogens is 415 g/mol. The zero-order chi connectivity index (χ0) is 18.7. The summed E-state index contributed by atoms with van der Waals surface area (Å²) in [5.41, 5.74) is 1.03. The van der Waals surface area contributed by atoms with Gasteiger partial charge in [-0.2, -0.15) is 11.3 Å². The van der Waals surface area contributed by atoms with E-state index in [0.717, 1.165) is 0 Å². The van der Waals surface area contributed by atoms with E-state index in [1.165, 1.54) is 35.6 Å². The van der Waals surface area contributed by atoms with Crippen molar-refractivity contribution < 1.29 is 13.2 Å². The minimum Gasteiger partial charge on any atom is -0.322 e. The van der Waals surface area contributed by atoms with E-state index in [1.807, 2.05) is 0 Å². The number of benzene rings is 2. The second-order valence-electron chi connectivity index (χ2n) is 5.20. The van der Waals surface area contributed by atoms with E-state index in [0.29, 0.717) is 11.3 Å². The Morgan fingerprint density at radius 3 is 2.46 bits per heavy atom. The maximum atomic E-state index is 12.7. The third kappa shape index (κ3) is 4.19. The molecule has 0 radical (unpaired) electrons. The van der Waals surface area contributed by atoms with Crippen molar-refractivity contribution in [3.05, 3.63) is 74.9 Å². The fourth-order valence-electron chi connectivity index (χ4n) is 2.13. The first-order chi connectivity index (χ1) is 12.4. The number of hydrogen-bond acceptors (Lipinski definition) is 4. The zero-order valence-corrected chi connectivity index (χ0v) is 16.2. The molecule has 0 unspecified atom stereocenters. The first-order valence-corrected chi connectivity index (χ1v) is 10.5. The fraction of sp³-hybridized carbons (Fsp3) is 0. The molecule has 1 heterocycles. The van der Waals surface area contributed by atoms with Crippen LogP contribution in [-0.4, -0.2) is 14.3 Å². The summed E-state index contributed by atoms with van der Waals surface area (Å²) in [5.74, 6) is -0.337. The van der Waals surface area contributed by atoms with Crippen LogP contribution in [0.3, 0.4) is 0 Å². The molecule has 0 aliphatic carbocycles. The third-order valence-corrected chi connectivity index (χ3v) is 6.24. The van der Waals surface area contributed by atoms with Crippen LogP contribution >= 0.6 is 34.5 Å². The van der Waals surface area contributed by atoms with E-state index in [1.54, 1.807) is 35.0 Å². The van der Waals surface area contributed by atoms with E-state index < -0.39 is 10.0 Å². The summed E-state index contributed by atoms with van der Waals surface area (Å²) in [6.45, 7) is 0. The Kier molecular flexibility index (Phi) is 5.52. The van der Waals surface area contributed by atoms with Gasteiger partial charge in [-0.15, -0.1) is 0 Å². The summed E-state index contributed by atoms with van der Waals surface area (Å²) >= 11 is 13.4. The molecule has 0 aliphatic heterocycles. The van der Waals surface area contributed by atoms with Gasteiger partial charge < -0.3 is 5.32 Å². The lowest BCUT2D eigenvalue weighted by Gasteiger charge is -2.12. The molecule has 0 saturated carbocycles. The minimum atomic E-state index is -3.99. The van der Waals surface area contributed by atoms with Gasteiger partial charge >= 0.3 is 0 Å². The SMILES string of the molecule is O=C(Nc1ccc(Cl)c(S(=O)(=O)Nc2ccccc2Cl)c1)c1ccsc1. The number of thiophene rings is 1. The van der Waals surface area contributed by atoms with Crippen LogP contribution in [0.4, 0.5) is 11.4 Å². The number of para-hydroxylation sites is 1. The molecule has 9 heteroatoms. The van der Waals surface area contributed by atoms with Crippen LogP contribution in [0.1, 0.15) is 10.4 Å². The van der Waals surface area contributed by atoms with Crippen LogP contribution in [0.25, 0.3) is 0 Å². The molecule has 134 valence electrons. The zero-order valence-electron chi connectivity index (χ0n) is 13.1. The predicted octanol–water partition coefficient (Wildman–Crippen LogP) is 5.11. The van der Waals surface area contributed by atoms with E-state index in [-0.39, 0.29) is 26.5 Å². The van der Waals surface area contributed by atoms with Gasteiger partial charge in [-0.05, 0) is 41.8 Å². The van der Waals surface area contributed by atoms with Gasteiger partial charge in [0.2, 0.25) is 0 Å². The largest absolute Gasteiger partial charge is 0.322 e. The Bertz CT molecular complexity index is 1050. The Morgan fingerprint density at radius 2 is 1.77 bits per heavy atom.